The Morgan fingerprint density at radius 3 is 2.74 bits per heavy atom. The van der Waals surface area contributed by atoms with E-state index in [9.17, 15) is 13.6 Å². The third-order valence-electron chi connectivity index (χ3n) is 5.71. The van der Waals surface area contributed by atoms with Crippen molar-refractivity contribution in [2.24, 2.45) is 11.1 Å². The molecule has 164 valence electrons. The number of hydrogen-bond acceptors (Lipinski definition) is 6. The second kappa shape index (κ2) is 8.46. The van der Waals surface area contributed by atoms with Gasteiger partial charge in [0.1, 0.15) is 12.4 Å². The molecule has 2 fully saturated rings. The van der Waals surface area contributed by atoms with Gasteiger partial charge >= 0.3 is 6.09 Å². The lowest BCUT2D eigenvalue weighted by atomic mass is 9.73. The first-order valence-electron chi connectivity index (χ1n) is 9.91. The molecule has 10 heteroatoms. The van der Waals surface area contributed by atoms with Crippen LogP contribution in [0.5, 0.6) is 0 Å². The molecule has 0 atom stereocenters. The molecule has 1 amide bonds. The third-order valence-corrected chi connectivity index (χ3v) is 5.71. The summed E-state index contributed by atoms with van der Waals surface area (Å²) in [7, 11) is 0. The smallest absolute Gasteiger partial charge is 0.414 e. The zero-order chi connectivity index (χ0) is 22.0. The number of alkyl carbamates (subject to hydrolysis) is 1. The number of carbonyl (C=O) groups excluding carboxylic acids is 1. The van der Waals surface area contributed by atoms with Crippen LogP contribution in [-0.4, -0.2) is 43.3 Å². The average molecular weight is 431 g/mol. The van der Waals surface area contributed by atoms with Gasteiger partial charge in [-0.3, -0.25) is 10.7 Å². The van der Waals surface area contributed by atoms with Gasteiger partial charge < -0.3 is 20.1 Å². The second-order valence-electron chi connectivity index (χ2n) is 7.89. The van der Waals surface area contributed by atoms with Crippen molar-refractivity contribution in [2.75, 3.05) is 31.2 Å². The maximum absolute atomic E-state index is 14.9. The molecule has 4 N–H and O–H groups in total. The Labute approximate surface area is 177 Å². The van der Waals surface area contributed by atoms with Crippen LogP contribution in [0.25, 0.3) is 11.1 Å². The molecule has 2 saturated heterocycles. The predicted octanol–water partition coefficient (Wildman–Crippen LogP) is 2.76. The second-order valence-corrected chi connectivity index (χ2v) is 7.89. The Morgan fingerprint density at radius 1 is 1.32 bits per heavy atom. The number of ether oxygens (including phenoxy) is 2. The zero-order valence-corrected chi connectivity index (χ0v) is 16.8. The van der Waals surface area contributed by atoms with E-state index in [1.807, 2.05) is 10.2 Å². The van der Waals surface area contributed by atoms with Crippen LogP contribution < -0.4 is 16.0 Å². The molecule has 8 nitrogen and oxygen atoms in total. The van der Waals surface area contributed by atoms with Crippen molar-refractivity contribution >= 4 is 17.9 Å². The Hall–Kier alpha value is -3.27. The van der Waals surface area contributed by atoms with Crippen LogP contribution in [0, 0.1) is 22.5 Å². The minimum Gasteiger partial charge on any atom is -0.444 e. The van der Waals surface area contributed by atoms with Crippen molar-refractivity contribution in [1.82, 2.24) is 10.3 Å². The molecular weight excluding hydrogens is 408 g/mol. The Bertz CT molecular complexity index is 1000. The molecule has 1 aromatic heterocycles. The van der Waals surface area contributed by atoms with Crippen LogP contribution in [-0.2, 0) is 16.1 Å². The Morgan fingerprint density at radius 2 is 2.06 bits per heavy atom. The number of pyridine rings is 1. The van der Waals surface area contributed by atoms with Crippen molar-refractivity contribution in [2.45, 2.75) is 19.4 Å². The fourth-order valence-electron chi connectivity index (χ4n) is 4.05. The van der Waals surface area contributed by atoms with Gasteiger partial charge in [0.2, 0.25) is 0 Å². The SMILES string of the molecule is N=C(N)NC(=O)OCc1cccc(-c2cnc(N3CC4(CCOCC4)C3)c(F)c2)c1F. The number of rotatable bonds is 4. The van der Waals surface area contributed by atoms with Gasteiger partial charge in [0.05, 0.1) is 0 Å². The zero-order valence-electron chi connectivity index (χ0n) is 16.8. The number of amides is 1. The van der Waals surface area contributed by atoms with E-state index in [1.54, 1.807) is 6.07 Å². The first kappa shape index (κ1) is 21.0. The summed E-state index contributed by atoms with van der Waals surface area (Å²) in [6.45, 7) is 2.58. The summed E-state index contributed by atoms with van der Waals surface area (Å²) < 4.78 is 40.0. The lowest BCUT2D eigenvalue weighted by Gasteiger charge is -2.52. The van der Waals surface area contributed by atoms with Crippen LogP contribution in [0.4, 0.5) is 19.4 Å². The molecule has 2 aliphatic rings. The lowest BCUT2D eigenvalue weighted by molar-refractivity contribution is -0.000666. The average Bonchev–Trinajstić information content (AvgIpc) is 2.71. The van der Waals surface area contributed by atoms with E-state index in [0.717, 1.165) is 39.1 Å². The largest absolute Gasteiger partial charge is 0.444 e. The maximum Gasteiger partial charge on any atom is 0.414 e. The van der Waals surface area contributed by atoms with Gasteiger partial charge in [0.25, 0.3) is 0 Å². The molecule has 2 aromatic rings. The minimum absolute atomic E-state index is 0.102. The lowest BCUT2D eigenvalue weighted by Crippen LogP contribution is -2.59. The van der Waals surface area contributed by atoms with Crippen molar-refractivity contribution in [3.05, 3.63) is 47.7 Å². The van der Waals surface area contributed by atoms with Crippen molar-refractivity contribution in [1.29, 1.82) is 5.41 Å². The van der Waals surface area contributed by atoms with Crippen LogP contribution in [0.1, 0.15) is 18.4 Å². The number of benzene rings is 1. The molecule has 0 radical (unpaired) electrons. The van der Waals surface area contributed by atoms with E-state index in [0.29, 0.717) is 0 Å². The van der Waals surface area contributed by atoms with Gasteiger partial charge in [0.15, 0.2) is 17.6 Å². The quantitative estimate of drug-likeness (QED) is 0.507. The first-order valence-corrected chi connectivity index (χ1v) is 9.91. The third kappa shape index (κ3) is 4.43. The van der Waals surface area contributed by atoms with E-state index >= 15 is 0 Å². The van der Waals surface area contributed by atoms with Crippen LogP contribution in [0.3, 0.4) is 0 Å². The number of guanidine groups is 1. The number of nitrogens with two attached hydrogens (primary N) is 1. The summed E-state index contributed by atoms with van der Waals surface area (Å²) in [5, 5.41) is 8.92. The highest BCUT2D eigenvalue weighted by Crippen LogP contribution is 2.42. The topological polar surface area (TPSA) is 114 Å². The van der Waals surface area contributed by atoms with Crippen molar-refractivity contribution in [3.63, 3.8) is 0 Å². The van der Waals surface area contributed by atoms with Gasteiger partial charge in [-0.15, -0.1) is 0 Å². The fourth-order valence-corrected chi connectivity index (χ4v) is 4.05. The minimum atomic E-state index is -0.966. The number of aromatic nitrogens is 1. The van der Waals surface area contributed by atoms with Crippen LogP contribution >= 0.6 is 0 Å². The van der Waals surface area contributed by atoms with Crippen LogP contribution in [0.2, 0.25) is 0 Å². The van der Waals surface area contributed by atoms with Gasteiger partial charge in [0, 0.05) is 54.6 Å². The van der Waals surface area contributed by atoms with E-state index in [1.165, 1.54) is 24.4 Å². The van der Waals surface area contributed by atoms with Crippen LogP contribution in [0.15, 0.2) is 30.5 Å². The first-order chi connectivity index (χ1) is 14.9. The van der Waals surface area contributed by atoms with E-state index in [2.05, 4.69) is 4.98 Å². The molecule has 2 aliphatic heterocycles. The molecule has 0 bridgehead atoms. The molecule has 0 aliphatic carbocycles. The summed E-state index contributed by atoms with van der Waals surface area (Å²) in [4.78, 5) is 17.6. The van der Waals surface area contributed by atoms with Crippen molar-refractivity contribution in [3.8, 4) is 11.1 Å². The van der Waals surface area contributed by atoms with E-state index in [4.69, 9.17) is 20.6 Å². The molecule has 4 rings (SSSR count). The molecule has 1 aromatic carbocycles. The molecule has 0 saturated carbocycles. The Kier molecular flexibility index (Phi) is 5.73. The summed E-state index contributed by atoms with van der Waals surface area (Å²) in [6.07, 6.45) is 2.41. The monoisotopic (exact) mass is 431 g/mol. The molecule has 1 spiro atoms. The number of hydrogen-bond donors (Lipinski definition) is 3. The van der Waals surface area contributed by atoms with Gasteiger partial charge in [-0.1, -0.05) is 18.2 Å². The highest BCUT2D eigenvalue weighted by molar-refractivity contribution is 5.90. The molecular formula is C21H23F2N5O3. The molecule has 31 heavy (non-hydrogen) atoms. The summed E-state index contributed by atoms with van der Waals surface area (Å²) in [5.41, 5.74) is 5.76. The normalized spacial score (nSPS) is 17.2. The number of anilines is 1. The van der Waals surface area contributed by atoms with Gasteiger partial charge in [-0.05, 0) is 18.9 Å². The standard InChI is InChI=1S/C21H23F2N5O3/c22-16-8-14(9-26-18(16)28-11-21(12-28)4-6-30-7-5-21)15-3-1-2-13(17(15)23)10-31-20(29)27-19(24)25/h1-3,8-9H,4-7,10-12H2,(H4,24,25,27,29). The predicted molar refractivity (Wildman–Crippen MR) is 110 cm³/mol. The number of halogens is 2. The van der Waals surface area contributed by atoms with E-state index < -0.39 is 23.7 Å². The number of nitrogens with one attached hydrogen (secondary N) is 2. The summed E-state index contributed by atoms with van der Waals surface area (Å²) >= 11 is 0. The number of carbonyl (C=O) groups is 1. The summed E-state index contributed by atoms with van der Waals surface area (Å²) in [6, 6.07) is 5.80. The van der Waals surface area contributed by atoms with Gasteiger partial charge in [-0.2, -0.15) is 0 Å². The van der Waals surface area contributed by atoms with E-state index in [-0.39, 0.29) is 34.5 Å². The van der Waals surface area contributed by atoms with Gasteiger partial charge in [-0.25, -0.2) is 18.6 Å². The molecule has 0 unspecified atom stereocenters. The highest BCUT2D eigenvalue weighted by Gasteiger charge is 2.45. The van der Waals surface area contributed by atoms with Crippen molar-refractivity contribution < 1.29 is 23.0 Å². The fraction of sp³-hybridized carbons (Fsp3) is 0.381. The highest BCUT2D eigenvalue weighted by atomic mass is 19.1. The molecule has 3 heterocycles. The number of nitrogens with zero attached hydrogens (tertiary/aromatic N) is 2. The Balaban J connectivity index is 1.47. The maximum atomic E-state index is 14.9. The summed E-state index contributed by atoms with van der Waals surface area (Å²) in [5.74, 6) is -1.47.